The predicted molar refractivity (Wildman–Crippen MR) is 134 cm³/mol. The lowest BCUT2D eigenvalue weighted by molar-refractivity contribution is 0.0535. The van der Waals surface area contributed by atoms with E-state index < -0.39 is 0 Å². The number of carbonyl (C=O) groups is 2. The number of ether oxygens (including phenoxy) is 1. The first-order valence-corrected chi connectivity index (χ1v) is 11.6. The van der Waals surface area contributed by atoms with E-state index in [1.807, 2.05) is 65.3 Å². The highest BCUT2D eigenvalue weighted by atomic mass is 16.5. The Balaban J connectivity index is 1.27. The molecular formula is C28H26N4O3. The maximum absolute atomic E-state index is 13.3. The van der Waals surface area contributed by atoms with Gasteiger partial charge in [-0.2, -0.15) is 5.10 Å². The van der Waals surface area contributed by atoms with Crippen LogP contribution in [-0.2, 0) is 0 Å². The van der Waals surface area contributed by atoms with Gasteiger partial charge in [0, 0.05) is 42.9 Å². The Bertz CT molecular complexity index is 1320. The Morgan fingerprint density at radius 1 is 0.743 bits per heavy atom. The minimum atomic E-state index is -0.0446. The van der Waals surface area contributed by atoms with Crippen LogP contribution in [-0.4, -0.2) is 64.7 Å². The van der Waals surface area contributed by atoms with E-state index in [1.165, 1.54) is 0 Å². The highest BCUT2D eigenvalue weighted by Crippen LogP contribution is 2.23. The molecule has 2 heterocycles. The number of carbonyl (C=O) groups excluding carboxylic acids is 2. The third-order valence-corrected chi connectivity index (χ3v) is 6.24. The van der Waals surface area contributed by atoms with Crippen LogP contribution in [0.5, 0.6) is 5.75 Å². The number of hydrogen-bond donors (Lipinski definition) is 0. The average molecular weight is 467 g/mol. The van der Waals surface area contributed by atoms with Gasteiger partial charge in [-0.1, -0.05) is 36.4 Å². The summed E-state index contributed by atoms with van der Waals surface area (Å²) in [4.78, 5) is 29.7. The molecule has 1 aromatic heterocycles. The third kappa shape index (κ3) is 4.66. The summed E-state index contributed by atoms with van der Waals surface area (Å²) in [7, 11) is 1.60. The monoisotopic (exact) mass is 466 g/mol. The van der Waals surface area contributed by atoms with Gasteiger partial charge in [-0.15, -0.1) is 0 Å². The fourth-order valence-corrected chi connectivity index (χ4v) is 4.32. The van der Waals surface area contributed by atoms with Crippen LogP contribution in [0.15, 0.2) is 91.1 Å². The smallest absolute Gasteiger partial charge is 0.254 e. The van der Waals surface area contributed by atoms with Crippen molar-refractivity contribution >= 4 is 11.8 Å². The molecule has 176 valence electrons. The zero-order valence-corrected chi connectivity index (χ0v) is 19.5. The fourth-order valence-electron chi connectivity index (χ4n) is 4.32. The molecule has 1 fully saturated rings. The van der Waals surface area contributed by atoms with E-state index in [2.05, 4.69) is 5.10 Å². The van der Waals surface area contributed by atoms with Gasteiger partial charge in [0.15, 0.2) is 0 Å². The Kier molecular flexibility index (Phi) is 6.30. The van der Waals surface area contributed by atoms with Crippen molar-refractivity contribution in [3.05, 3.63) is 102 Å². The van der Waals surface area contributed by atoms with E-state index in [-0.39, 0.29) is 11.8 Å². The quantitative estimate of drug-likeness (QED) is 0.443. The molecule has 1 aliphatic rings. The van der Waals surface area contributed by atoms with Crippen LogP contribution in [0.2, 0.25) is 0 Å². The molecular weight excluding hydrogens is 440 g/mol. The van der Waals surface area contributed by atoms with Crippen molar-refractivity contribution < 1.29 is 14.3 Å². The molecule has 0 saturated carbocycles. The van der Waals surface area contributed by atoms with E-state index >= 15 is 0 Å². The largest absolute Gasteiger partial charge is 0.497 e. The van der Waals surface area contributed by atoms with Crippen molar-refractivity contribution in [2.24, 2.45) is 0 Å². The Hall–Kier alpha value is -4.39. The SMILES string of the molecule is COc1ccc(C(=O)N2CCN(C(=O)c3cccc(-n4nccc4-c4ccccc4)c3)CC2)cc1. The minimum Gasteiger partial charge on any atom is -0.497 e. The second-order valence-electron chi connectivity index (χ2n) is 8.36. The van der Waals surface area contributed by atoms with Crippen molar-refractivity contribution in [3.8, 4) is 22.7 Å². The van der Waals surface area contributed by atoms with E-state index in [1.54, 1.807) is 47.4 Å². The molecule has 3 aromatic carbocycles. The zero-order chi connectivity index (χ0) is 24.2. The zero-order valence-electron chi connectivity index (χ0n) is 19.5. The number of nitrogens with zero attached hydrogens (tertiary/aromatic N) is 4. The molecule has 0 N–H and O–H groups in total. The van der Waals surface area contributed by atoms with Crippen LogP contribution < -0.4 is 4.74 Å². The maximum Gasteiger partial charge on any atom is 0.254 e. The van der Waals surface area contributed by atoms with E-state index in [0.29, 0.717) is 43.1 Å². The van der Waals surface area contributed by atoms with Crippen LogP contribution >= 0.6 is 0 Å². The molecule has 2 amide bonds. The fraction of sp³-hybridized carbons (Fsp3) is 0.179. The van der Waals surface area contributed by atoms with Gasteiger partial charge in [0.1, 0.15) is 5.75 Å². The number of benzene rings is 3. The minimum absolute atomic E-state index is 0.0335. The number of piperazine rings is 1. The Morgan fingerprint density at radius 3 is 2.06 bits per heavy atom. The summed E-state index contributed by atoms with van der Waals surface area (Å²) in [6, 6.07) is 26.6. The van der Waals surface area contributed by atoms with E-state index in [0.717, 1.165) is 16.9 Å². The van der Waals surface area contributed by atoms with Crippen molar-refractivity contribution in [2.75, 3.05) is 33.3 Å². The first-order valence-electron chi connectivity index (χ1n) is 11.6. The molecule has 0 spiro atoms. The summed E-state index contributed by atoms with van der Waals surface area (Å²) < 4.78 is 7.01. The van der Waals surface area contributed by atoms with E-state index in [4.69, 9.17) is 4.74 Å². The van der Waals surface area contributed by atoms with Gasteiger partial charge in [-0.05, 0) is 48.5 Å². The summed E-state index contributed by atoms with van der Waals surface area (Å²) >= 11 is 0. The molecule has 0 bridgehead atoms. The summed E-state index contributed by atoms with van der Waals surface area (Å²) in [5, 5.41) is 4.48. The molecule has 0 unspecified atom stereocenters. The number of methoxy groups -OCH3 is 1. The van der Waals surface area contributed by atoms with Crippen LogP contribution in [0.1, 0.15) is 20.7 Å². The molecule has 5 rings (SSSR count). The van der Waals surface area contributed by atoms with Crippen molar-refractivity contribution in [2.45, 2.75) is 0 Å². The van der Waals surface area contributed by atoms with Gasteiger partial charge in [-0.3, -0.25) is 9.59 Å². The molecule has 7 nitrogen and oxygen atoms in total. The molecule has 0 aliphatic carbocycles. The lowest BCUT2D eigenvalue weighted by Gasteiger charge is -2.35. The van der Waals surface area contributed by atoms with Gasteiger partial charge < -0.3 is 14.5 Å². The van der Waals surface area contributed by atoms with Crippen molar-refractivity contribution in [3.63, 3.8) is 0 Å². The molecule has 7 heteroatoms. The highest BCUT2D eigenvalue weighted by Gasteiger charge is 2.26. The van der Waals surface area contributed by atoms with E-state index in [9.17, 15) is 9.59 Å². The molecule has 1 saturated heterocycles. The lowest BCUT2D eigenvalue weighted by atomic mass is 10.1. The Morgan fingerprint density at radius 2 is 1.40 bits per heavy atom. The Labute approximate surface area is 204 Å². The number of rotatable bonds is 5. The molecule has 4 aromatic rings. The van der Waals surface area contributed by atoms with Gasteiger partial charge >= 0.3 is 0 Å². The first-order chi connectivity index (χ1) is 17.1. The van der Waals surface area contributed by atoms with Crippen LogP contribution in [0.3, 0.4) is 0 Å². The van der Waals surface area contributed by atoms with Crippen molar-refractivity contribution in [1.29, 1.82) is 0 Å². The van der Waals surface area contributed by atoms with Gasteiger partial charge in [0.25, 0.3) is 11.8 Å². The maximum atomic E-state index is 13.3. The molecule has 0 atom stereocenters. The predicted octanol–water partition coefficient (Wildman–Crippen LogP) is 4.15. The third-order valence-electron chi connectivity index (χ3n) is 6.24. The van der Waals surface area contributed by atoms with Gasteiger partial charge in [0.05, 0.1) is 24.7 Å². The second kappa shape index (κ2) is 9.85. The van der Waals surface area contributed by atoms with Crippen LogP contribution in [0.25, 0.3) is 16.9 Å². The van der Waals surface area contributed by atoms with Crippen molar-refractivity contribution in [1.82, 2.24) is 19.6 Å². The van der Waals surface area contributed by atoms with Gasteiger partial charge in [-0.25, -0.2) is 4.68 Å². The molecule has 1 aliphatic heterocycles. The summed E-state index contributed by atoms with van der Waals surface area (Å²) in [6.45, 7) is 1.96. The summed E-state index contributed by atoms with van der Waals surface area (Å²) in [6.07, 6.45) is 1.76. The normalized spacial score (nSPS) is 13.5. The average Bonchev–Trinajstić information content (AvgIpc) is 3.43. The topological polar surface area (TPSA) is 67.7 Å². The number of hydrogen-bond acceptors (Lipinski definition) is 4. The molecule has 35 heavy (non-hydrogen) atoms. The highest BCUT2D eigenvalue weighted by molar-refractivity contribution is 5.96. The number of amides is 2. The van der Waals surface area contributed by atoms with Crippen LogP contribution in [0, 0.1) is 0 Å². The first kappa shape index (κ1) is 22.4. The van der Waals surface area contributed by atoms with Crippen LogP contribution in [0.4, 0.5) is 0 Å². The summed E-state index contributed by atoms with van der Waals surface area (Å²) in [5.74, 6) is 0.635. The number of aromatic nitrogens is 2. The molecule has 0 radical (unpaired) electrons. The summed E-state index contributed by atoms with van der Waals surface area (Å²) in [5.41, 5.74) is 4.06. The second-order valence-corrected chi connectivity index (χ2v) is 8.36. The van der Waals surface area contributed by atoms with Gasteiger partial charge in [0.2, 0.25) is 0 Å². The standard InChI is InChI=1S/C28H26N4O3/c1-35-25-12-10-22(11-13-25)27(33)30-16-18-31(19-17-30)28(34)23-8-5-9-24(20-23)32-26(14-15-29-32)21-6-3-2-4-7-21/h2-15,20H,16-19H2,1H3. The lowest BCUT2D eigenvalue weighted by Crippen LogP contribution is -2.50.